The molecular weight excluding hydrogens is 368 g/mol. The lowest BCUT2D eigenvalue weighted by Crippen LogP contribution is -2.39. The van der Waals surface area contributed by atoms with Crippen molar-refractivity contribution in [2.45, 2.75) is 39.3 Å². The second-order valence-electron chi connectivity index (χ2n) is 7.52. The molecule has 1 saturated carbocycles. The quantitative estimate of drug-likeness (QED) is 0.694. The maximum absolute atomic E-state index is 12.6. The number of hydrogen-bond acceptors (Lipinski definition) is 4. The lowest BCUT2D eigenvalue weighted by Gasteiger charge is -2.26. The molecule has 1 aliphatic carbocycles. The Labute approximate surface area is 170 Å². The Hall–Kier alpha value is -3.15. The summed E-state index contributed by atoms with van der Waals surface area (Å²) in [5.41, 5.74) is 1.86. The van der Waals surface area contributed by atoms with Gasteiger partial charge in [0.1, 0.15) is 0 Å². The number of carbonyl (C=O) groups excluding carboxylic acids is 3. The van der Waals surface area contributed by atoms with Crippen LogP contribution in [0.2, 0.25) is 0 Å². The largest absolute Gasteiger partial charge is 0.452 e. The summed E-state index contributed by atoms with van der Waals surface area (Å²) in [4.78, 5) is 38.5. The first kappa shape index (κ1) is 20.6. The van der Waals surface area contributed by atoms with Crippen molar-refractivity contribution in [3.05, 3.63) is 65.7 Å². The molecule has 0 unspecified atom stereocenters. The standard InChI is InChI=1S/C23H26N2O4/c1-16(2)25(14-17-7-4-3-5-8-17)21(26)15-29-23(28)19-9-6-10-20(13-19)24-22(27)18-11-12-18/h3-10,13,16,18H,11-12,14-15H2,1-2H3,(H,24,27). The summed E-state index contributed by atoms with van der Waals surface area (Å²) in [5.74, 6) is -0.797. The van der Waals surface area contributed by atoms with Gasteiger partial charge in [-0.1, -0.05) is 36.4 Å². The average molecular weight is 394 g/mol. The van der Waals surface area contributed by atoms with Gasteiger partial charge in [-0.3, -0.25) is 9.59 Å². The predicted octanol–water partition coefficient (Wildman–Crippen LogP) is 3.63. The van der Waals surface area contributed by atoms with Crippen LogP contribution in [0.4, 0.5) is 5.69 Å². The van der Waals surface area contributed by atoms with Gasteiger partial charge in [0.15, 0.2) is 6.61 Å². The Morgan fingerprint density at radius 3 is 2.45 bits per heavy atom. The van der Waals surface area contributed by atoms with Crippen LogP contribution in [0.25, 0.3) is 0 Å². The summed E-state index contributed by atoms with van der Waals surface area (Å²) in [7, 11) is 0. The number of ether oxygens (including phenoxy) is 1. The van der Waals surface area contributed by atoms with E-state index < -0.39 is 5.97 Å². The topological polar surface area (TPSA) is 75.7 Å². The third kappa shape index (κ3) is 5.91. The van der Waals surface area contributed by atoms with Crippen LogP contribution in [-0.2, 0) is 20.9 Å². The predicted molar refractivity (Wildman–Crippen MR) is 110 cm³/mol. The van der Waals surface area contributed by atoms with Gasteiger partial charge in [0.2, 0.25) is 5.91 Å². The van der Waals surface area contributed by atoms with Crippen LogP contribution in [0, 0.1) is 5.92 Å². The van der Waals surface area contributed by atoms with Crippen LogP contribution in [0.1, 0.15) is 42.6 Å². The van der Waals surface area contributed by atoms with E-state index in [0.717, 1.165) is 18.4 Å². The Morgan fingerprint density at radius 1 is 1.07 bits per heavy atom. The fourth-order valence-corrected chi connectivity index (χ4v) is 2.95. The summed E-state index contributed by atoms with van der Waals surface area (Å²) in [6.07, 6.45) is 1.82. The molecule has 2 aromatic carbocycles. The number of nitrogens with zero attached hydrogens (tertiary/aromatic N) is 1. The van der Waals surface area contributed by atoms with Crippen molar-refractivity contribution in [3.63, 3.8) is 0 Å². The van der Waals surface area contributed by atoms with Crippen LogP contribution in [0.5, 0.6) is 0 Å². The number of amides is 2. The summed E-state index contributed by atoms with van der Waals surface area (Å²) in [5, 5.41) is 2.80. The summed E-state index contributed by atoms with van der Waals surface area (Å²) in [6, 6.07) is 16.2. The van der Waals surface area contributed by atoms with Crippen molar-refractivity contribution in [3.8, 4) is 0 Å². The number of benzene rings is 2. The van der Waals surface area contributed by atoms with Crippen molar-refractivity contribution in [1.82, 2.24) is 4.90 Å². The summed E-state index contributed by atoms with van der Waals surface area (Å²) in [6.45, 7) is 3.98. The molecule has 0 spiro atoms. The first-order valence-corrected chi connectivity index (χ1v) is 9.85. The molecule has 0 aliphatic heterocycles. The third-order valence-corrected chi connectivity index (χ3v) is 4.78. The molecule has 2 aromatic rings. The van der Waals surface area contributed by atoms with E-state index in [1.165, 1.54) is 0 Å². The van der Waals surface area contributed by atoms with Crippen LogP contribution >= 0.6 is 0 Å². The first-order chi connectivity index (χ1) is 13.9. The normalized spacial score (nSPS) is 13.1. The SMILES string of the molecule is CC(C)N(Cc1ccccc1)C(=O)COC(=O)c1cccc(NC(=O)C2CC2)c1. The second-order valence-corrected chi connectivity index (χ2v) is 7.52. The van der Waals surface area contributed by atoms with Gasteiger partial charge in [-0.25, -0.2) is 4.79 Å². The van der Waals surface area contributed by atoms with E-state index in [1.807, 2.05) is 44.2 Å². The molecule has 6 nitrogen and oxygen atoms in total. The average Bonchev–Trinajstić information content (AvgIpc) is 3.56. The summed E-state index contributed by atoms with van der Waals surface area (Å²) < 4.78 is 5.24. The van der Waals surface area contributed by atoms with E-state index in [-0.39, 0.29) is 30.4 Å². The van der Waals surface area contributed by atoms with Crippen LogP contribution in [-0.4, -0.2) is 35.3 Å². The molecular formula is C23H26N2O4. The van der Waals surface area contributed by atoms with E-state index in [9.17, 15) is 14.4 Å². The van der Waals surface area contributed by atoms with E-state index >= 15 is 0 Å². The smallest absolute Gasteiger partial charge is 0.338 e. The highest BCUT2D eigenvalue weighted by atomic mass is 16.5. The van der Waals surface area contributed by atoms with Gasteiger partial charge in [0.25, 0.3) is 5.91 Å². The van der Waals surface area contributed by atoms with Crippen molar-refractivity contribution in [2.24, 2.45) is 5.92 Å². The molecule has 3 rings (SSSR count). The van der Waals surface area contributed by atoms with E-state index in [2.05, 4.69) is 5.32 Å². The molecule has 0 saturated heterocycles. The summed E-state index contributed by atoms with van der Waals surface area (Å²) >= 11 is 0. The fourth-order valence-electron chi connectivity index (χ4n) is 2.95. The molecule has 0 radical (unpaired) electrons. The van der Waals surface area contributed by atoms with Gasteiger partial charge < -0.3 is 15.0 Å². The monoisotopic (exact) mass is 394 g/mol. The number of rotatable bonds is 8. The maximum Gasteiger partial charge on any atom is 0.338 e. The molecule has 0 bridgehead atoms. The van der Waals surface area contributed by atoms with Gasteiger partial charge in [0, 0.05) is 24.2 Å². The highest BCUT2D eigenvalue weighted by Crippen LogP contribution is 2.30. The first-order valence-electron chi connectivity index (χ1n) is 9.85. The van der Waals surface area contributed by atoms with Crippen molar-refractivity contribution >= 4 is 23.5 Å². The van der Waals surface area contributed by atoms with Crippen molar-refractivity contribution < 1.29 is 19.1 Å². The minimum atomic E-state index is -0.593. The maximum atomic E-state index is 12.6. The van der Waals surface area contributed by atoms with Gasteiger partial charge >= 0.3 is 5.97 Å². The Bertz CT molecular complexity index is 875. The molecule has 0 aromatic heterocycles. The number of hydrogen-bond donors (Lipinski definition) is 1. The van der Waals surface area contributed by atoms with E-state index in [0.29, 0.717) is 17.8 Å². The van der Waals surface area contributed by atoms with Gasteiger partial charge in [-0.05, 0) is 50.5 Å². The zero-order valence-electron chi connectivity index (χ0n) is 16.8. The second kappa shape index (κ2) is 9.37. The lowest BCUT2D eigenvalue weighted by molar-refractivity contribution is -0.137. The number of nitrogens with one attached hydrogen (secondary N) is 1. The third-order valence-electron chi connectivity index (χ3n) is 4.78. The van der Waals surface area contributed by atoms with Crippen LogP contribution in [0.3, 0.4) is 0 Å². The Balaban J connectivity index is 1.57. The highest BCUT2D eigenvalue weighted by molar-refractivity contribution is 5.96. The molecule has 0 heterocycles. The Kier molecular flexibility index (Phi) is 6.65. The molecule has 6 heteroatoms. The van der Waals surface area contributed by atoms with Crippen LogP contribution < -0.4 is 5.32 Å². The number of carbonyl (C=O) groups is 3. The van der Waals surface area contributed by atoms with E-state index in [1.54, 1.807) is 29.2 Å². The zero-order valence-corrected chi connectivity index (χ0v) is 16.8. The van der Waals surface area contributed by atoms with Gasteiger partial charge in [-0.15, -0.1) is 0 Å². The van der Waals surface area contributed by atoms with Crippen molar-refractivity contribution in [2.75, 3.05) is 11.9 Å². The van der Waals surface area contributed by atoms with Crippen molar-refractivity contribution in [1.29, 1.82) is 0 Å². The number of esters is 1. The minimum Gasteiger partial charge on any atom is -0.452 e. The Morgan fingerprint density at radius 2 is 1.79 bits per heavy atom. The molecule has 29 heavy (non-hydrogen) atoms. The highest BCUT2D eigenvalue weighted by Gasteiger charge is 2.29. The molecule has 0 atom stereocenters. The van der Waals surface area contributed by atoms with E-state index in [4.69, 9.17) is 4.74 Å². The zero-order chi connectivity index (χ0) is 20.8. The molecule has 2 amide bonds. The van der Waals surface area contributed by atoms with Gasteiger partial charge in [-0.2, -0.15) is 0 Å². The molecule has 1 aliphatic rings. The molecule has 1 N–H and O–H groups in total. The fraction of sp³-hybridized carbons (Fsp3) is 0.348. The van der Waals surface area contributed by atoms with Gasteiger partial charge in [0.05, 0.1) is 5.56 Å². The molecule has 1 fully saturated rings. The molecule has 152 valence electrons. The minimum absolute atomic E-state index is 0.0256. The van der Waals surface area contributed by atoms with Crippen LogP contribution in [0.15, 0.2) is 54.6 Å². The number of anilines is 1. The lowest BCUT2D eigenvalue weighted by atomic mass is 10.2.